The summed E-state index contributed by atoms with van der Waals surface area (Å²) in [5.74, 6) is 0.744. The Morgan fingerprint density at radius 2 is 1.56 bits per heavy atom. The third kappa shape index (κ3) is 8.24. The van der Waals surface area contributed by atoms with E-state index in [1.54, 1.807) is 0 Å². The third-order valence-electron chi connectivity index (χ3n) is 8.24. The topological polar surface area (TPSA) is 59.3 Å². The molecule has 1 fully saturated rings. The number of nitriles is 1. The molecule has 0 amide bonds. The maximum atomic E-state index is 13.1. The number of hydrogen-bond acceptors (Lipinski definition) is 4. The van der Waals surface area contributed by atoms with Gasteiger partial charge < -0.3 is 9.47 Å². The van der Waals surface area contributed by atoms with E-state index in [-0.39, 0.29) is 5.92 Å². The summed E-state index contributed by atoms with van der Waals surface area (Å²) in [6, 6.07) is 19.4. The highest BCUT2D eigenvalue weighted by Gasteiger charge is 2.46. The number of nitrogens with zero attached hydrogens (tertiary/aromatic N) is 1. The second kappa shape index (κ2) is 14.8. The fourth-order valence-electron chi connectivity index (χ4n) is 5.49. The molecule has 2 aromatic carbocycles. The molecule has 0 spiro atoms. The molecule has 0 radical (unpaired) electrons. The van der Waals surface area contributed by atoms with Gasteiger partial charge >= 0.3 is 5.97 Å². The van der Waals surface area contributed by atoms with Gasteiger partial charge in [-0.25, -0.2) is 0 Å². The second-order valence-electron chi connectivity index (χ2n) is 11.4. The van der Waals surface area contributed by atoms with Crippen molar-refractivity contribution in [2.75, 3.05) is 6.61 Å². The van der Waals surface area contributed by atoms with Gasteiger partial charge in [0, 0.05) is 12.8 Å². The Kier molecular flexibility index (Phi) is 11.7. The van der Waals surface area contributed by atoms with Crippen molar-refractivity contribution in [1.29, 1.82) is 5.26 Å². The molecule has 0 saturated heterocycles. The van der Waals surface area contributed by atoms with Gasteiger partial charge in [-0.05, 0) is 66.3 Å². The zero-order chi connectivity index (χ0) is 28.3. The molecule has 0 N–H and O–H groups in total. The molecular weight excluding hydrogens is 506 g/mol. The number of alkyl halides is 1. The minimum atomic E-state index is -1.09. The lowest BCUT2D eigenvalue weighted by molar-refractivity contribution is -0.162. The maximum absolute atomic E-state index is 13.1. The van der Waals surface area contributed by atoms with Gasteiger partial charge in [0.1, 0.15) is 16.7 Å². The Morgan fingerprint density at radius 3 is 2.10 bits per heavy atom. The fourth-order valence-corrected chi connectivity index (χ4v) is 5.72. The molecule has 1 saturated carbocycles. The fraction of sp³-hybridized carbons (Fsp3) is 0.588. The van der Waals surface area contributed by atoms with Crippen molar-refractivity contribution in [3.05, 3.63) is 54.1 Å². The van der Waals surface area contributed by atoms with E-state index in [0.29, 0.717) is 25.2 Å². The van der Waals surface area contributed by atoms with E-state index < -0.39 is 16.4 Å². The lowest BCUT2D eigenvalue weighted by atomic mass is 9.76. The Bertz CT molecular complexity index is 1070. The molecule has 0 unspecified atom stereocenters. The van der Waals surface area contributed by atoms with Crippen LogP contribution in [0.2, 0.25) is 0 Å². The van der Waals surface area contributed by atoms with Crippen LogP contribution in [0.3, 0.4) is 0 Å². The van der Waals surface area contributed by atoms with Gasteiger partial charge in [-0.1, -0.05) is 96.2 Å². The number of hydrogen-bond donors (Lipinski definition) is 0. The molecule has 1 aliphatic rings. The molecule has 1 atom stereocenters. The van der Waals surface area contributed by atoms with Crippen LogP contribution in [0, 0.1) is 17.2 Å². The van der Waals surface area contributed by atoms with Gasteiger partial charge in [0.15, 0.2) is 5.60 Å². The molecule has 3 rings (SSSR count). The van der Waals surface area contributed by atoms with Gasteiger partial charge in [0.05, 0.1) is 6.61 Å². The summed E-state index contributed by atoms with van der Waals surface area (Å²) in [6.07, 6.45) is 10.2. The summed E-state index contributed by atoms with van der Waals surface area (Å²) in [6.45, 7) is 8.87. The highest BCUT2D eigenvalue weighted by Crippen LogP contribution is 2.42. The number of carbonyl (C=O) groups is 1. The van der Waals surface area contributed by atoms with Gasteiger partial charge in [-0.3, -0.25) is 4.79 Å². The maximum Gasteiger partial charge on any atom is 0.329 e. The first-order valence-electron chi connectivity index (χ1n) is 14.9. The van der Waals surface area contributed by atoms with Crippen molar-refractivity contribution in [3.8, 4) is 22.9 Å². The van der Waals surface area contributed by atoms with Crippen LogP contribution < -0.4 is 4.74 Å². The van der Waals surface area contributed by atoms with Gasteiger partial charge in [0.2, 0.25) is 0 Å². The Morgan fingerprint density at radius 1 is 0.974 bits per heavy atom. The number of rotatable bonds is 14. The van der Waals surface area contributed by atoms with E-state index in [2.05, 4.69) is 61.5 Å². The summed E-state index contributed by atoms with van der Waals surface area (Å²) in [4.78, 5) is 12.0. The van der Waals surface area contributed by atoms with Crippen molar-refractivity contribution in [2.45, 2.75) is 115 Å². The number of benzene rings is 2. The smallest absolute Gasteiger partial charge is 0.329 e. The standard InChI is InChI=1S/C34H46ClNO3/c1-5-7-8-9-10-24-38-31-17-15-29(16-18-31)27-11-13-28(14-12-27)30-19-22-33(25-36,23-20-30)39-32(37)34(35,21-6-2)26(3)4/h11-18,26,30H,5-10,19-24H2,1-4H3/t30?,33?,34-/m1/s1. The first-order chi connectivity index (χ1) is 18.8. The van der Waals surface area contributed by atoms with Crippen molar-refractivity contribution >= 4 is 17.6 Å². The number of halogens is 1. The van der Waals surface area contributed by atoms with E-state index in [4.69, 9.17) is 21.1 Å². The molecule has 39 heavy (non-hydrogen) atoms. The predicted octanol–water partition coefficient (Wildman–Crippen LogP) is 9.60. The van der Waals surface area contributed by atoms with Crippen molar-refractivity contribution in [3.63, 3.8) is 0 Å². The molecule has 1 aliphatic carbocycles. The Balaban J connectivity index is 1.54. The van der Waals surface area contributed by atoms with Gasteiger partial charge in [-0.15, -0.1) is 11.6 Å². The number of carbonyl (C=O) groups excluding carboxylic acids is 1. The van der Waals surface area contributed by atoms with Crippen LogP contribution >= 0.6 is 11.6 Å². The molecule has 0 aromatic heterocycles. The van der Waals surface area contributed by atoms with Gasteiger partial charge in [-0.2, -0.15) is 5.26 Å². The highest BCUT2D eigenvalue weighted by molar-refractivity contribution is 6.34. The van der Waals surface area contributed by atoms with E-state index in [9.17, 15) is 10.1 Å². The summed E-state index contributed by atoms with van der Waals surface area (Å²) in [7, 11) is 0. The van der Waals surface area contributed by atoms with Crippen LogP contribution in [-0.4, -0.2) is 23.1 Å². The normalized spacial score (nSPS) is 20.7. The lowest BCUT2D eigenvalue weighted by Crippen LogP contribution is -2.46. The first-order valence-corrected chi connectivity index (χ1v) is 15.3. The van der Waals surface area contributed by atoms with Crippen LogP contribution in [0.5, 0.6) is 5.75 Å². The zero-order valence-electron chi connectivity index (χ0n) is 24.3. The summed E-state index contributed by atoms with van der Waals surface area (Å²) >= 11 is 6.71. The van der Waals surface area contributed by atoms with Crippen LogP contribution in [0.25, 0.3) is 11.1 Å². The number of unbranched alkanes of at least 4 members (excludes halogenated alkanes) is 4. The van der Waals surface area contributed by atoms with Crippen LogP contribution in [0.15, 0.2) is 48.5 Å². The van der Waals surface area contributed by atoms with Crippen molar-refractivity contribution < 1.29 is 14.3 Å². The van der Waals surface area contributed by atoms with E-state index in [1.807, 2.05) is 20.8 Å². The predicted molar refractivity (Wildman–Crippen MR) is 160 cm³/mol. The minimum absolute atomic E-state index is 0.0683. The molecule has 2 aromatic rings. The quantitative estimate of drug-likeness (QED) is 0.133. The zero-order valence-corrected chi connectivity index (χ0v) is 25.1. The monoisotopic (exact) mass is 551 g/mol. The van der Waals surface area contributed by atoms with E-state index in [1.165, 1.54) is 36.8 Å². The van der Waals surface area contributed by atoms with Gasteiger partial charge in [0.25, 0.3) is 0 Å². The van der Waals surface area contributed by atoms with Crippen LogP contribution in [-0.2, 0) is 9.53 Å². The summed E-state index contributed by atoms with van der Waals surface area (Å²) in [5.41, 5.74) is 2.51. The third-order valence-corrected chi connectivity index (χ3v) is 9.02. The average molecular weight is 552 g/mol. The second-order valence-corrected chi connectivity index (χ2v) is 12.1. The summed E-state index contributed by atoms with van der Waals surface area (Å²) < 4.78 is 11.8. The number of esters is 1. The molecular formula is C34H46ClNO3. The molecule has 4 nitrogen and oxygen atoms in total. The molecule has 0 aliphatic heterocycles. The average Bonchev–Trinajstić information content (AvgIpc) is 2.95. The van der Waals surface area contributed by atoms with Crippen LogP contribution in [0.1, 0.15) is 110 Å². The number of ether oxygens (including phenoxy) is 2. The Hall–Kier alpha value is -2.51. The summed E-state index contributed by atoms with van der Waals surface area (Å²) in [5, 5.41) is 9.98. The minimum Gasteiger partial charge on any atom is -0.494 e. The van der Waals surface area contributed by atoms with Crippen molar-refractivity contribution in [2.24, 2.45) is 5.92 Å². The largest absolute Gasteiger partial charge is 0.494 e. The molecule has 0 bridgehead atoms. The van der Waals surface area contributed by atoms with Crippen molar-refractivity contribution in [1.82, 2.24) is 0 Å². The Labute approximate surface area is 241 Å². The highest BCUT2D eigenvalue weighted by atomic mass is 35.5. The molecule has 212 valence electrons. The molecule has 5 heteroatoms. The van der Waals surface area contributed by atoms with Crippen LogP contribution in [0.4, 0.5) is 0 Å². The van der Waals surface area contributed by atoms with E-state index in [0.717, 1.165) is 43.6 Å². The van der Waals surface area contributed by atoms with E-state index >= 15 is 0 Å². The lowest BCUT2D eigenvalue weighted by Gasteiger charge is -2.38. The first kappa shape index (κ1) is 31.0. The molecule has 0 heterocycles. The SMILES string of the molecule is CCCCCCCOc1ccc(-c2ccc(C3CCC(C#N)(OC(=O)[C@@](Cl)(CCC)C(C)C)CC3)cc2)cc1.